The van der Waals surface area contributed by atoms with Crippen LogP contribution in [0.2, 0.25) is 0 Å². The standard InChI is InChI=1S/C16H20N8O/c25-15-10-22(9-13-8-17-12-18-13)6-7-23(11-15)16-19-20-21-24(16)14-4-2-1-3-5-14/h1-5,8,12,15,25H,6-7,9-11H2,(H,17,18)/t15-/m1/s1. The lowest BCUT2D eigenvalue weighted by molar-refractivity contribution is 0.128. The van der Waals surface area contributed by atoms with E-state index in [9.17, 15) is 5.11 Å². The van der Waals surface area contributed by atoms with E-state index in [1.807, 2.05) is 41.4 Å². The number of nitrogens with zero attached hydrogens (tertiary/aromatic N) is 7. The summed E-state index contributed by atoms with van der Waals surface area (Å²) >= 11 is 0. The minimum atomic E-state index is -0.480. The molecule has 1 fully saturated rings. The second-order valence-electron chi connectivity index (χ2n) is 6.14. The van der Waals surface area contributed by atoms with Crippen molar-refractivity contribution in [2.45, 2.75) is 12.6 Å². The number of hydrogen-bond acceptors (Lipinski definition) is 7. The van der Waals surface area contributed by atoms with Gasteiger partial charge in [-0.15, -0.1) is 0 Å². The van der Waals surface area contributed by atoms with Crippen LogP contribution in [0.3, 0.4) is 0 Å². The summed E-state index contributed by atoms with van der Waals surface area (Å²) in [6, 6.07) is 9.77. The fourth-order valence-electron chi connectivity index (χ4n) is 3.11. The first-order valence-corrected chi connectivity index (χ1v) is 8.26. The number of para-hydroxylation sites is 1. The molecule has 25 heavy (non-hydrogen) atoms. The molecule has 0 amide bonds. The number of rotatable bonds is 4. The monoisotopic (exact) mass is 340 g/mol. The van der Waals surface area contributed by atoms with Crippen LogP contribution in [-0.4, -0.2) is 72.5 Å². The second kappa shape index (κ2) is 6.99. The molecule has 9 nitrogen and oxygen atoms in total. The number of hydrogen-bond donors (Lipinski definition) is 2. The van der Waals surface area contributed by atoms with Crippen LogP contribution in [0.25, 0.3) is 5.69 Å². The van der Waals surface area contributed by atoms with E-state index in [0.717, 1.165) is 31.0 Å². The number of aliphatic hydroxyl groups is 1. The maximum atomic E-state index is 10.4. The average molecular weight is 340 g/mol. The van der Waals surface area contributed by atoms with Crippen molar-refractivity contribution in [3.63, 3.8) is 0 Å². The summed E-state index contributed by atoms with van der Waals surface area (Å²) in [4.78, 5) is 11.4. The molecule has 3 heterocycles. The van der Waals surface area contributed by atoms with Gasteiger partial charge in [0.1, 0.15) is 0 Å². The van der Waals surface area contributed by atoms with Crippen molar-refractivity contribution in [2.75, 3.05) is 31.1 Å². The van der Waals surface area contributed by atoms with Crippen molar-refractivity contribution >= 4 is 5.95 Å². The molecule has 0 saturated carbocycles. The van der Waals surface area contributed by atoms with Crippen molar-refractivity contribution in [3.8, 4) is 5.69 Å². The summed E-state index contributed by atoms with van der Waals surface area (Å²) < 4.78 is 1.71. The van der Waals surface area contributed by atoms with Crippen LogP contribution in [-0.2, 0) is 6.54 Å². The molecule has 1 aliphatic rings. The fourth-order valence-corrected chi connectivity index (χ4v) is 3.11. The third kappa shape index (κ3) is 3.52. The van der Waals surface area contributed by atoms with Gasteiger partial charge in [-0.05, 0) is 22.6 Å². The van der Waals surface area contributed by atoms with Crippen molar-refractivity contribution in [1.82, 2.24) is 35.1 Å². The molecule has 4 rings (SSSR count). The molecular formula is C16H20N8O. The van der Waals surface area contributed by atoms with Crippen molar-refractivity contribution < 1.29 is 5.11 Å². The van der Waals surface area contributed by atoms with Gasteiger partial charge in [0.15, 0.2) is 0 Å². The van der Waals surface area contributed by atoms with Crippen LogP contribution >= 0.6 is 0 Å². The number of tetrazole rings is 1. The number of aromatic amines is 1. The highest BCUT2D eigenvalue weighted by molar-refractivity contribution is 5.40. The smallest absolute Gasteiger partial charge is 0.250 e. The number of H-pyrrole nitrogens is 1. The predicted octanol–water partition coefficient (Wildman–Crippen LogP) is 0.0685. The van der Waals surface area contributed by atoms with Crippen LogP contribution in [0, 0.1) is 0 Å². The number of aromatic nitrogens is 6. The molecule has 0 radical (unpaired) electrons. The van der Waals surface area contributed by atoms with Gasteiger partial charge in [0, 0.05) is 44.6 Å². The average Bonchev–Trinajstić information content (AvgIpc) is 3.27. The summed E-state index contributed by atoms with van der Waals surface area (Å²) in [6.45, 7) is 3.36. The molecule has 1 aromatic carbocycles. The Kier molecular flexibility index (Phi) is 4.40. The van der Waals surface area contributed by atoms with E-state index in [0.29, 0.717) is 19.0 Å². The van der Waals surface area contributed by atoms with Gasteiger partial charge in [0.05, 0.1) is 18.1 Å². The third-order valence-electron chi connectivity index (χ3n) is 4.27. The molecule has 3 aromatic rings. The molecule has 1 aliphatic heterocycles. The van der Waals surface area contributed by atoms with Crippen LogP contribution in [0.1, 0.15) is 5.69 Å². The lowest BCUT2D eigenvalue weighted by Gasteiger charge is -2.22. The first-order chi connectivity index (χ1) is 12.3. The highest BCUT2D eigenvalue weighted by Crippen LogP contribution is 2.17. The van der Waals surface area contributed by atoms with Crippen LogP contribution in [0.15, 0.2) is 42.9 Å². The summed E-state index contributed by atoms with van der Waals surface area (Å²) in [5.41, 5.74) is 1.94. The number of imidazole rings is 1. The quantitative estimate of drug-likeness (QED) is 0.693. The Morgan fingerprint density at radius 3 is 2.84 bits per heavy atom. The van der Waals surface area contributed by atoms with Gasteiger partial charge in [-0.2, -0.15) is 4.68 Å². The Morgan fingerprint density at radius 2 is 2.04 bits per heavy atom. The third-order valence-corrected chi connectivity index (χ3v) is 4.27. The highest BCUT2D eigenvalue weighted by Gasteiger charge is 2.25. The number of anilines is 1. The molecule has 1 saturated heterocycles. The van der Waals surface area contributed by atoms with Crippen LogP contribution in [0.4, 0.5) is 5.95 Å². The van der Waals surface area contributed by atoms with E-state index in [1.54, 1.807) is 11.0 Å². The first-order valence-electron chi connectivity index (χ1n) is 8.26. The molecule has 1 atom stereocenters. The van der Waals surface area contributed by atoms with Crippen LogP contribution in [0.5, 0.6) is 0 Å². The number of benzene rings is 1. The maximum absolute atomic E-state index is 10.4. The van der Waals surface area contributed by atoms with Gasteiger partial charge in [-0.3, -0.25) is 4.90 Å². The largest absolute Gasteiger partial charge is 0.390 e. The highest BCUT2D eigenvalue weighted by atomic mass is 16.3. The zero-order chi connectivity index (χ0) is 17.1. The van der Waals surface area contributed by atoms with Gasteiger partial charge in [-0.1, -0.05) is 23.3 Å². The molecule has 9 heteroatoms. The summed E-state index contributed by atoms with van der Waals surface area (Å²) in [5, 5.41) is 22.5. The van der Waals surface area contributed by atoms with Gasteiger partial charge >= 0.3 is 0 Å². The normalized spacial score (nSPS) is 19.1. The van der Waals surface area contributed by atoms with Crippen molar-refractivity contribution in [3.05, 3.63) is 48.5 Å². The zero-order valence-electron chi connectivity index (χ0n) is 13.7. The number of nitrogens with one attached hydrogen (secondary N) is 1. The Hall–Kier alpha value is -2.78. The predicted molar refractivity (Wildman–Crippen MR) is 91.2 cm³/mol. The molecule has 2 aromatic heterocycles. The zero-order valence-corrected chi connectivity index (χ0v) is 13.7. The molecular weight excluding hydrogens is 320 g/mol. The van der Waals surface area contributed by atoms with E-state index in [-0.39, 0.29) is 0 Å². The lowest BCUT2D eigenvalue weighted by atomic mass is 10.3. The first kappa shape index (κ1) is 15.7. The summed E-state index contributed by atoms with van der Waals surface area (Å²) in [5.74, 6) is 0.647. The molecule has 2 N–H and O–H groups in total. The van der Waals surface area contributed by atoms with E-state index in [2.05, 4.69) is 30.4 Å². The number of β-amino-alcohol motifs (C(OH)–C–C–N with tert-alkyl or cyclic N) is 1. The van der Waals surface area contributed by atoms with Gasteiger partial charge in [-0.25, -0.2) is 4.98 Å². The molecule has 0 spiro atoms. The summed E-state index contributed by atoms with van der Waals surface area (Å²) in [6.07, 6.45) is 3.00. The molecule has 0 aliphatic carbocycles. The van der Waals surface area contributed by atoms with E-state index in [1.165, 1.54) is 0 Å². The topological polar surface area (TPSA) is 99.0 Å². The SMILES string of the molecule is O[C@@H]1CN(Cc2cnc[nH]2)CCN(c2nnnn2-c2ccccc2)C1. The molecule has 130 valence electrons. The Balaban J connectivity index is 1.51. The van der Waals surface area contributed by atoms with E-state index >= 15 is 0 Å². The Bertz CT molecular complexity index is 788. The maximum Gasteiger partial charge on any atom is 0.250 e. The van der Waals surface area contributed by atoms with Crippen molar-refractivity contribution in [2.24, 2.45) is 0 Å². The van der Waals surface area contributed by atoms with Gasteiger partial charge < -0.3 is 15.0 Å². The summed E-state index contributed by atoms with van der Waals surface area (Å²) in [7, 11) is 0. The number of aliphatic hydroxyl groups excluding tert-OH is 1. The fraction of sp³-hybridized carbons (Fsp3) is 0.375. The van der Waals surface area contributed by atoms with Gasteiger partial charge in [0.2, 0.25) is 0 Å². The lowest BCUT2D eigenvalue weighted by Crippen LogP contribution is -2.34. The van der Waals surface area contributed by atoms with Gasteiger partial charge in [0.25, 0.3) is 5.95 Å². The van der Waals surface area contributed by atoms with E-state index < -0.39 is 6.10 Å². The molecule has 0 unspecified atom stereocenters. The second-order valence-corrected chi connectivity index (χ2v) is 6.14. The minimum Gasteiger partial charge on any atom is -0.390 e. The Morgan fingerprint density at radius 1 is 1.16 bits per heavy atom. The molecule has 0 bridgehead atoms. The minimum absolute atomic E-state index is 0.480. The van der Waals surface area contributed by atoms with Crippen LogP contribution < -0.4 is 4.90 Å². The van der Waals surface area contributed by atoms with Crippen molar-refractivity contribution in [1.29, 1.82) is 0 Å². The Labute approximate surface area is 144 Å². The van der Waals surface area contributed by atoms with E-state index in [4.69, 9.17) is 0 Å².